The molecule has 128 valence electrons. The summed E-state index contributed by atoms with van der Waals surface area (Å²) < 4.78 is 5.32. The van der Waals surface area contributed by atoms with Crippen molar-refractivity contribution in [1.29, 1.82) is 0 Å². The van der Waals surface area contributed by atoms with E-state index in [4.69, 9.17) is 16.3 Å². The molecule has 0 aliphatic heterocycles. The zero-order valence-electron chi connectivity index (χ0n) is 14.3. The standard InChI is InChI=1S/C19H24ClN3O/c1-13-17(19(24-2)23-22-18(13)20)21-12-14-7-6-10-16(11-14)15-8-4-3-5-9-15/h3-5,8-9,14,16H,6-7,10-12H2,1-2H3,(H,21,22)/t14-,16+/m0/s1. The van der Waals surface area contributed by atoms with E-state index in [-0.39, 0.29) is 0 Å². The molecule has 2 atom stereocenters. The van der Waals surface area contributed by atoms with Crippen LogP contribution >= 0.6 is 11.6 Å². The smallest absolute Gasteiger partial charge is 0.257 e. The van der Waals surface area contributed by atoms with Crippen molar-refractivity contribution in [3.05, 3.63) is 46.6 Å². The average molecular weight is 346 g/mol. The maximum absolute atomic E-state index is 6.10. The van der Waals surface area contributed by atoms with Gasteiger partial charge in [-0.25, -0.2) is 0 Å². The van der Waals surface area contributed by atoms with E-state index in [9.17, 15) is 0 Å². The molecule has 0 saturated heterocycles. The summed E-state index contributed by atoms with van der Waals surface area (Å²) in [7, 11) is 1.61. The third-order valence-electron chi connectivity index (χ3n) is 4.94. The van der Waals surface area contributed by atoms with E-state index in [2.05, 4.69) is 45.8 Å². The molecule has 0 bridgehead atoms. The van der Waals surface area contributed by atoms with Crippen molar-refractivity contribution < 1.29 is 4.74 Å². The molecule has 24 heavy (non-hydrogen) atoms. The molecule has 1 saturated carbocycles. The number of hydrogen-bond donors (Lipinski definition) is 1. The van der Waals surface area contributed by atoms with Gasteiger partial charge in [0, 0.05) is 12.1 Å². The minimum absolute atomic E-state index is 0.420. The molecule has 1 N–H and O–H groups in total. The molecule has 2 aromatic rings. The van der Waals surface area contributed by atoms with E-state index in [1.165, 1.54) is 31.2 Å². The van der Waals surface area contributed by atoms with Gasteiger partial charge in [0.1, 0.15) is 5.69 Å². The summed E-state index contributed by atoms with van der Waals surface area (Å²) in [5, 5.41) is 11.8. The lowest BCUT2D eigenvalue weighted by molar-refractivity contribution is 0.333. The van der Waals surface area contributed by atoms with E-state index in [0.717, 1.165) is 17.8 Å². The maximum atomic E-state index is 6.10. The van der Waals surface area contributed by atoms with Crippen LogP contribution in [-0.2, 0) is 0 Å². The number of hydrogen-bond acceptors (Lipinski definition) is 4. The second-order valence-corrected chi connectivity index (χ2v) is 6.88. The Balaban J connectivity index is 1.66. The molecule has 0 unspecified atom stereocenters. The largest absolute Gasteiger partial charge is 0.478 e. The van der Waals surface area contributed by atoms with Crippen molar-refractivity contribution >= 4 is 17.3 Å². The van der Waals surface area contributed by atoms with Crippen LogP contribution in [0.4, 0.5) is 5.69 Å². The number of ether oxygens (including phenoxy) is 1. The highest BCUT2D eigenvalue weighted by molar-refractivity contribution is 6.30. The molecular formula is C19H24ClN3O. The molecule has 1 aromatic carbocycles. The van der Waals surface area contributed by atoms with E-state index in [1.54, 1.807) is 7.11 Å². The average Bonchev–Trinajstić information content (AvgIpc) is 2.64. The van der Waals surface area contributed by atoms with E-state index < -0.39 is 0 Å². The monoisotopic (exact) mass is 345 g/mol. The van der Waals surface area contributed by atoms with Gasteiger partial charge in [-0.1, -0.05) is 48.4 Å². The van der Waals surface area contributed by atoms with Crippen LogP contribution in [0.1, 0.15) is 42.7 Å². The van der Waals surface area contributed by atoms with Gasteiger partial charge >= 0.3 is 0 Å². The zero-order chi connectivity index (χ0) is 16.9. The topological polar surface area (TPSA) is 47.0 Å². The second kappa shape index (κ2) is 7.84. The molecule has 0 spiro atoms. The molecule has 1 aliphatic rings. The first kappa shape index (κ1) is 17.0. The van der Waals surface area contributed by atoms with Crippen LogP contribution < -0.4 is 10.1 Å². The molecule has 3 rings (SSSR count). The highest BCUT2D eigenvalue weighted by Crippen LogP contribution is 2.37. The van der Waals surface area contributed by atoms with E-state index in [1.807, 2.05) is 6.92 Å². The van der Waals surface area contributed by atoms with Crippen LogP contribution in [0.15, 0.2) is 30.3 Å². The Kier molecular flexibility index (Phi) is 5.56. The summed E-state index contributed by atoms with van der Waals surface area (Å²) in [6.45, 7) is 2.85. The third kappa shape index (κ3) is 3.81. The number of rotatable bonds is 5. The molecule has 0 radical (unpaired) electrons. The number of aromatic nitrogens is 2. The second-order valence-electron chi connectivity index (χ2n) is 6.52. The summed E-state index contributed by atoms with van der Waals surface area (Å²) in [6.07, 6.45) is 5.03. The molecule has 5 heteroatoms. The van der Waals surface area contributed by atoms with Crippen molar-refractivity contribution in [3.63, 3.8) is 0 Å². The van der Waals surface area contributed by atoms with Gasteiger partial charge < -0.3 is 10.1 Å². The lowest BCUT2D eigenvalue weighted by atomic mass is 9.78. The van der Waals surface area contributed by atoms with Crippen LogP contribution in [0.5, 0.6) is 5.88 Å². The lowest BCUT2D eigenvalue weighted by Gasteiger charge is -2.30. The summed E-state index contributed by atoms with van der Waals surface area (Å²) in [6, 6.07) is 10.9. The van der Waals surface area contributed by atoms with E-state index in [0.29, 0.717) is 22.9 Å². The molecule has 4 nitrogen and oxygen atoms in total. The van der Waals surface area contributed by atoms with Gasteiger partial charge in [-0.15, -0.1) is 10.2 Å². The fourth-order valence-electron chi connectivity index (χ4n) is 3.58. The Labute approximate surface area is 148 Å². The Hall–Kier alpha value is -1.81. The van der Waals surface area contributed by atoms with Gasteiger partial charge in [0.2, 0.25) is 0 Å². The molecule has 0 amide bonds. The number of nitrogens with one attached hydrogen (secondary N) is 1. The Morgan fingerprint density at radius 1 is 1.21 bits per heavy atom. The maximum Gasteiger partial charge on any atom is 0.257 e. The van der Waals surface area contributed by atoms with Gasteiger partial charge in [-0.3, -0.25) is 0 Å². The first-order valence-electron chi connectivity index (χ1n) is 8.54. The van der Waals surface area contributed by atoms with E-state index >= 15 is 0 Å². The number of anilines is 1. The van der Waals surface area contributed by atoms with Crippen molar-refractivity contribution in [2.75, 3.05) is 19.0 Å². The predicted molar refractivity (Wildman–Crippen MR) is 98.0 cm³/mol. The summed E-state index contributed by atoms with van der Waals surface area (Å²) in [5.41, 5.74) is 3.21. The third-order valence-corrected chi connectivity index (χ3v) is 5.30. The van der Waals surface area contributed by atoms with Gasteiger partial charge in [0.25, 0.3) is 5.88 Å². The molecule has 1 fully saturated rings. The van der Waals surface area contributed by atoms with Crippen LogP contribution in [0.3, 0.4) is 0 Å². The van der Waals surface area contributed by atoms with Crippen molar-refractivity contribution in [2.45, 2.75) is 38.5 Å². The fraction of sp³-hybridized carbons (Fsp3) is 0.474. The van der Waals surface area contributed by atoms with Crippen LogP contribution in [0, 0.1) is 12.8 Å². The first-order valence-corrected chi connectivity index (χ1v) is 8.92. The number of benzene rings is 1. The SMILES string of the molecule is COc1nnc(Cl)c(C)c1NC[C@H]1CCC[C@@H](c2ccccc2)C1. The highest BCUT2D eigenvalue weighted by Gasteiger charge is 2.24. The van der Waals surface area contributed by atoms with Gasteiger partial charge in [-0.05, 0) is 43.6 Å². The van der Waals surface area contributed by atoms with Crippen LogP contribution in [0.2, 0.25) is 5.15 Å². The number of nitrogens with zero attached hydrogens (tertiary/aromatic N) is 2. The number of methoxy groups -OCH3 is 1. The highest BCUT2D eigenvalue weighted by atomic mass is 35.5. The van der Waals surface area contributed by atoms with Crippen molar-refractivity contribution in [3.8, 4) is 5.88 Å². The Morgan fingerprint density at radius 3 is 2.75 bits per heavy atom. The van der Waals surface area contributed by atoms with Gasteiger partial charge in [0.05, 0.1) is 7.11 Å². The van der Waals surface area contributed by atoms with Crippen molar-refractivity contribution in [2.24, 2.45) is 5.92 Å². The molecule has 1 aliphatic carbocycles. The Morgan fingerprint density at radius 2 is 2.00 bits per heavy atom. The summed E-state index contributed by atoms with van der Waals surface area (Å²) in [5.74, 6) is 1.81. The van der Waals surface area contributed by atoms with Gasteiger partial charge in [0.15, 0.2) is 5.15 Å². The summed E-state index contributed by atoms with van der Waals surface area (Å²) in [4.78, 5) is 0. The van der Waals surface area contributed by atoms with Crippen LogP contribution in [-0.4, -0.2) is 23.9 Å². The summed E-state index contributed by atoms with van der Waals surface area (Å²) >= 11 is 6.10. The lowest BCUT2D eigenvalue weighted by Crippen LogP contribution is -2.22. The minimum atomic E-state index is 0.420. The van der Waals surface area contributed by atoms with Crippen LogP contribution in [0.25, 0.3) is 0 Å². The molecule has 1 heterocycles. The quantitative estimate of drug-likeness (QED) is 0.842. The molecule has 1 aromatic heterocycles. The number of halogens is 1. The molecular weight excluding hydrogens is 322 g/mol. The fourth-order valence-corrected chi connectivity index (χ4v) is 3.71. The minimum Gasteiger partial charge on any atom is -0.478 e. The predicted octanol–water partition coefficient (Wildman–Crippen LogP) is 4.83. The van der Waals surface area contributed by atoms with Crippen molar-refractivity contribution in [1.82, 2.24) is 10.2 Å². The Bertz CT molecular complexity index is 678. The first-order chi connectivity index (χ1) is 11.7. The van der Waals surface area contributed by atoms with Gasteiger partial charge in [-0.2, -0.15) is 0 Å². The normalized spacial score (nSPS) is 20.6. The zero-order valence-corrected chi connectivity index (χ0v) is 15.0.